The third kappa shape index (κ3) is 5.41. The van der Waals surface area contributed by atoms with Gasteiger partial charge in [-0.2, -0.15) is 0 Å². The predicted octanol–water partition coefficient (Wildman–Crippen LogP) is 3.29. The summed E-state index contributed by atoms with van der Waals surface area (Å²) in [6.45, 7) is 4.38. The number of amides is 1. The number of amidine groups is 1. The number of hydrogen-bond acceptors (Lipinski definition) is 10. The zero-order valence-corrected chi connectivity index (χ0v) is 19.9. The van der Waals surface area contributed by atoms with E-state index in [-0.39, 0.29) is 23.1 Å². The Morgan fingerprint density at radius 2 is 2.18 bits per heavy atom. The largest absolute Gasteiger partial charge is 0.470 e. The number of alkyl halides is 2. The second-order valence-corrected chi connectivity index (χ2v) is 10.6. The van der Waals surface area contributed by atoms with Crippen LogP contribution in [-0.4, -0.2) is 56.5 Å². The maximum Gasteiger partial charge on any atom is 0.278 e. The van der Waals surface area contributed by atoms with Crippen molar-refractivity contribution in [2.45, 2.75) is 44.3 Å². The molecule has 0 aromatic carbocycles. The van der Waals surface area contributed by atoms with Crippen molar-refractivity contribution >= 4 is 40.0 Å². The lowest BCUT2D eigenvalue weighted by Crippen LogP contribution is -2.52. The van der Waals surface area contributed by atoms with Gasteiger partial charge in [-0.05, 0) is 20.3 Å². The van der Waals surface area contributed by atoms with E-state index in [1.165, 1.54) is 23.1 Å². The molecule has 1 amide bonds. The van der Waals surface area contributed by atoms with E-state index in [0.29, 0.717) is 17.6 Å². The molecule has 2 atom stereocenters. The molecule has 1 fully saturated rings. The van der Waals surface area contributed by atoms with Crippen molar-refractivity contribution in [1.82, 2.24) is 15.0 Å². The second-order valence-electron chi connectivity index (χ2n) is 8.73. The quantitative estimate of drug-likeness (QED) is 0.622. The number of aliphatic imine (C=N–C) groups is 1. The van der Waals surface area contributed by atoms with Gasteiger partial charge in [0.05, 0.1) is 24.6 Å². The molecular weight excluding hydrogens is 474 g/mol. The van der Waals surface area contributed by atoms with Gasteiger partial charge in [0.15, 0.2) is 11.8 Å². The Kier molecular flexibility index (Phi) is 6.31. The minimum absolute atomic E-state index is 0.00437. The summed E-state index contributed by atoms with van der Waals surface area (Å²) in [6.07, 6.45) is 3.09. The molecule has 0 bridgehead atoms. The molecule has 2 aliphatic rings. The number of halogens is 2. The van der Waals surface area contributed by atoms with Gasteiger partial charge in [-0.3, -0.25) is 4.79 Å². The lowest BCUT2D eigenvalue weighted by atomic mass is 9.77. The summed E-state index contributed by atoms with van der Waals surface area (Å²) < 4.78 is 36.7. The van der Waals surface area contributed by atoms with E-state index in [2.05, 4.69) is 34.1 Å². The van der Waals surface area contributed by atoms with Crippen LogP contribution in [0.15, 0.2) is 22.8 Å². The van der Waals surface area contributed by atoms with E-state index in [1.54, 1.807) is 5.38 Å². The summed E-state index contributed by atoms with van der Waals surface area (Å²) in [5.41, 5.74) is 5.11. The van der Waals surface area contributed by atoms with Crippen molar-refractivity contribution in [3.63, 3.8) is 0 Å². The average Bonchev–Trinajstić information content (AvgIpc) is 3.21. The first-order valence-electron chi connectivity index (χ1n) is 10.2. The van der Waals surface area contributed by atoms with Gasteiger partial charge in [0.25, 0.3) is 11.8 Å². The van der Waals surface area contributed by atoms with Gasteiger partial charge < -0.3 is 20.5 Å². The van der Waals surface area contributed by atoms with Crippen LogP contribution in [-0.2, 0) is 10.3 Å². The van der Waals surface area contributed by atoms with Crippen molar-refractivity contribution in [3.8, 4) is 5.88 Å². The van der Waals surface area contributed by atoms with Crippen molar-refractivity contribution in [2.75, 3.05) is 24.3 Å². The number of fused-ring (bicyclic) bond motifs is 1. The van der Waals surface area contributed by atoms with Crippen molar-refractivity contribution in [3.05, 3.63) is 28.5 Å². The van der Waals surface area contributed by atoms with Crippen LogP contribution < -0.4 is 15.8 Å². The van der Waals surface area contributed by atoms with Gasteiger partial charge in [0.1, 0.15) is 22.1 Å². The Bertz CT molecular complexity index is 1060. The molecule has 2 aliphatic heterocycles. The number of thioether (sulfide) groups is 1. The third-order valence-corrected chi connectivity index (χ3v) is 7.25. The molecule has 3 N–H and O–H groups in total. The highest BCUT2D eigenvalue weighted by Crippen LogP contribution is 2.49. The van der Waals surface area contributed by atoms with E-state index in [0.717, 1.165) is 36.5 Å². The Morgan fingerprint density at radius 3 is 2.88 bits per heavy atom. The van der Waals surface area contributed by atoms with E-state index in [4.69, 9.17) is 20.2 Å². The van der Waals surface area contributed by atoms with Crippen LogP contribution in [0.25, 0.3) is 0 Å². The van der Waals surface area contributed by atoms with E-state index < -0.39 is 24.0 Å². The van der Waals surface area contributed by atoms with Gasteiger partial charge >= 0.3 is 0 Å². The summed E-state index contributed by atoms with van der Waals surface area (Å²) in [4.78, 5) is 29.7. The summed E-state index contributed by atoms with van der Waals surface area (Å²) in [7, 11) is 0. The van der Waals surface area contributed by atoms with Gasteiger partial charge in [-0.1, -0.05) is 11.8 Å². The fraction of sp³-hybridized carbons (Fsp3) is 0.550. The number of carbonyl (C=O) groups is 1. The number of ether oxygens (including phenoxy) is 2. The second kappa shape index (κ2) is 8.76. The highest BCUT2D eigenvalue weighted by Gasteiger charge is 2.52. The third-order valence-electron chi connectivity index (χ3n) is 5.29. The zero-order chi connectivity index (χ0) is 23.9. The minimum atomic E-state index is -3.00. The fourth-order valence-corrected chi connectivity index (χ4v) is 5.64. The SMILES string of the molecule is CC(F)(F)COc1cnc(C(=O)Nc2csc([C@@]34COC(C)(C)C[C@@H]3CSC(N)=N4)n2)cn1. The van der Waals surface area contributed by atoms with Crippen molar-refractivity contribution < 1.29 is 23.0 Å². The van der Waals surface area contributed by atoms with Crippen LogP contribution >= 0.6 is 23.1 Å². The maximum atomic E-state index is 12.9. The molecule has 33 heavy (non-hydrogen) atoms. The van der Waals surface area contributed by atoms with Crippen molar-refractivity contribution in [1.29, 1.82) is 0 Å². The topological polar surface area (TPSA) is 125 Å². The highest BCUT2D eigenvalue weighted by molar-refractivity contribution is 8.13. The first kappa shape index (κ1) is 23.8. The predicted molar refractivity (Wildman–Crippen MR) is 122 cm³/mol. The number of hydrogen-bond donors (Lipinski definition) is 2. The first-order valence-corrected chi connectivity index (χ1v) is 12.0. The molecule has 178 valence electrons. The molecule has 2 aromatic rings. The standard InChI is InChI=1S/C20H24F2N6O3S2/c1-18(2)4-11-7-33-17(23)28-20(11,10-31-18)16-27-13(8-32-16)26-15(29)12-5-25-14(6-24-12)30-9-19(3,21)22/h5-6,8,11H,4,7,9-10H2,1-3H3,(H2,23,28)(H,26,29)/t11-,20-/m1/s1. The average molecular weight is 499 g/mol. The van der Waals surface area contributed by atoms with Gasteiger partial charge in [-0.15, -0.1) is 11.3 Å². The summed E-state index contributed by atoms with van der Waals surface area (Å²) >= 11 is 2.91. The summed E-state index contributed by atoms with van der Waals surface area (Å²) in [5, 5.41) is 5.62. The fourth-order valence-electron chi connectivity index (χ4n) is 3.68. The van der Waals surface area contributed by atoms with E-state index in [9.17, 15) is 13.6 Å². The Balaban J connectivity index is 1.47. The Hall–Kier alpha value is -2.38. The van der Waals surface area contributed by atoms with Gasteiger partial charge in [0, 0.05) is 24.0 Å². The zero-order valence-electron chi connectivity index (χ0n) is 18.3. The lowest BCUT2D eigenvalue weighted by molar-refractivity contribution is -0.109. The molecule has 13 heteroatoms. The van der Waals surface area contributed by atoms with Crippen LogP contribution in [0.2, 0.25) is 0 Å². The molecular formula is C20H24F2N6O3S2. The number of nitrogens with two attached hydrogens (primary N) is 1. The maximum absolute atomic E-state index is 12.9. The molecule has 1 saturated heterocycles. The number of nitrogens with one attached hydrogen (secondary N) is 1. The van der Waals surface area contributed by atoms with Crippen LogP contribution in [0.3, 0.4) is 0 Å². The number of nitrogens with zero attached hydrogens (tertiary/aromatic N) is 4. The number of carbonyl (C=O) groups excluding carboxylic acids is 1. The normalized spacial score (nSPS) is 24.5. The molecule has 0 radical (unpaired) electrons. The van der Waals surface area contributed by atoms with Crippen LogP contribution in [0, 0.1) is 5.92 Å². The molecule has 0 aliphatic carbocycles. The summed E-state index contributed by atoms with van der Waals surface area (Å²) in [5.74, 6) is -2.27. The minimum Gasteiger partial charge on any atom is -0.470 e. The number of thiazole rings is 1. The smallest absolute Gasteiger partial charge is 0.278 e. The molecule has 4 rings (SSSR count). The highest BCUT2D eigenvalue weighted by atomic mass is 32.2. The lowest BCUT2D eigenvalue weighted by Gasteiger charge is -2.47. The number of anilines is 1. The first-order chi connectivity index (χ1) is 15.5. The Labute approximate surface area is 197 Å². The van der Waals surface area contributed by atoms with E-state index >= 15 is 0 Å². The van der Waals surface area contributed by atoms with Crippen LogP contribution in [0.4, 0.5) is 14.6 Å². The Morgan fingerprint density at radius 1 is 1.39 bits per heavy atom. The summed E-state index contributed by atoms with van der Waals surface area (Å²) in [6, 6.07) is 0. The molecule has 0 saturated carbocycles. The molecule has 0 unspecified atom stereocenters. The number of rotatable bonds is 6. The number of aromatic nitrogens is 3. The van der Waals surface area contributed by atoms with Gasteiger partial charge in [-0.25, -0.2) is 28.7 Å². The van der Waals surface area contributed by atoms with Crippen LogP contribution in [0.1, 0.15) is 42.7 Å². The van der Waals surface area contributed by atoms with Crippen LogP contribution in [0.5, 0.6) is 5.88 Å². The molecule has 2 aromatic heterocycles. The monoisotopic (exact) mass is 498 g/mol. The van der Waals surface area contributed by atoms with Crippen molar-refractivity contribution in [2.24, 2.45) is 16.6 Å². The molecule has 9 nitrogen and oxygen atoms in total. The van der Waals surface area contributed by atoms with E-state index in [1.807, 2.05) is 0 Å². The van der Waals surface area contributed by atoms with Gasteiger partial charge in [0.2, 0.25) is 5.88 Å². The molecule has 0 spiro atoms. The molecule has 4 heterocycles.